The van der Waals surface area contributed by atoms with E-state index in [0.29, 0.717) is 5.56 Å². The maximum absolute atomic E-state index is 12.4. The standard InChI is InChI=1S/C16H17NO/c1-11-7-6-10-14(12(11)2)16(18)15(17)13-8-4-3-5-9-13/h3-10,15H,17H2,1-2H3/t15-/m1/s1. The van der Waals surface area contributed by atoms with Gasteiger partial charge < -0.3 is 5.73 Å². The molecule has 0 aliphatic rings. The van der Waals surface area contributed by atoms with E-state index in [-0.39, 0.29) is 5.78 Å². The lowest BCUT2D eigenvalue weighted by Crippen LogP contribution is -2.22. The number of nitrogens with two attached hydrogens (primary N) is 1. The minimum atomic E-state index is -0.591. The van der Waals surface area contributed by atoms with Gasteiger partial charge in [0.2, 0.25) is 0 Å². The molecule has 2 heteroatoms. The van der Waals surface area contributed by atoms with Crippen molar-refractivity contribution in [2.75, 3.05) is 0 Å². The molecule has 0 fully saturated rings. The Balaban J connectivity index is 2.35. The van der Waals surface area contributed by atoms with Crippen LogP contribution < -0.4 is 5.73 Å². The molecule has 2 rings (SSSR count). The van der Waals surface area contributed by atoms with Crippen LogP contribution in [0.3, 0.4) is 0 Å². The van der Waals surface area contributed by atoms with E-state index in [4.69, 9.17) is 5.73 Å². The first-order chi connectivity index (χ1) is 8.61. The Bertz CT molecular complexity index is 561. The van der Waals surface area contributed by atoms with Gasteiger partial charge in [0.1, 0.15) is 0 Å². The van der Waals surface area contributed by atoms with Crippen LogP contribution >= 0.6 is 0 Å². The van der Waals surface area contributed by atoms with Crippen molar-refractivity contribution in [2.45, 2.75) is 19.9 Å². The Kier molecular flexibility index (Phi) is 3.58. The molecule has 0 amide bonds. The lowest BCUT2D eigenvalue weighted by Gasteiger charge is -2.13. The molecule has 0 bridgehead atoms. The van der Waals surface area contributed by atoms with Crippen molar-refractivity contribution in [1.82, 2.24) is 0 Å². The summed E-state index contributed by atoms with van der Waals surface area (Å²) in [7, 11) is 0. The smallest absolute Gasteiger partial charge is 0.184 e. The van der Waals surface area contributed by atoms with Gasteiger partial charge in [-0.15, -0.1) is 0 Å². The average molecular weight is 239 g/mol. The molecule has 2 nitrogen and oxygen atoms in total. The van der Waals surface area contributed by atoms with Crippen LogP contribution in [0.15, 0.2) is 48.5 Å². The van der Waals surface area contributed by atoms with E-state index in [0.717, 1.165) is 16.7 Å². The summed E-state index contributed by atoms with van der Waals surface area (Å²) < 4.78 is 0. The summed E-state index contributed by atoms with van der Waals surface area (Å²) in [6.45, 7) is 3.96. The van der Waals surface area contributed by atoms with Gasteiger partial charge in [-0.2, -0.15) is 0 Å². The zero-order chi connectivity index (χ0) is 13.1. The normalized spacial score (nSPS) is 12.2. The molecule has 1 atom stereocenters. The molecular formula is C16H17NO. The van der Waals surface area contributed by atoms with E-state index < -0.39 is 6.04 Å². The van der Waals surface area contributed by atoms with Crippen LogP contribution in [-0.2, 0) is 0 Å². The summed E-state index contributed by atoms with van der Waals surface area (Å²) in [6, 6.07) is 14.6. The molecule has 2 aromatic carbocycles. The first kappa shape index (κ1) is 12.5. The molecule has 0 saturated carbocycles. The fraction of sp³-hybridized carbons (Fsp3) is 0.188. The van der Waals surface area contributed by atoms with Crippen LogP contribution in [0.2, 0.25) is 0 Å². The van der Waals surface area contributed by atoms with Crippen LogP contribution in [0.4, 0.5) is 0 Å². The van der Waals surface area contributed by atoms with Crippen LogP contribution in [0, 0.1) is 13.8 Å². The van der Waals surface area contributed by atoms with Crippen molar-refractivity contribution >= 4 is 5.78 Å². The second-order valence-corrected chi connectivity index (χ2v) is 4.50. The second kappa shape index (κ2) is 5.15. The van der Waals surface area contributed by atoms with Gasteiger partial charge in [0.25, 0.3) is 0 Å². The third-order valence-electron chi connectivity index (χ3n) is 3.31. The molecular weight excluding hydrogens is 222 g/mol. The minimum Gasteiger partial charge on any atom is -0.318 e. The maximum atomic E-state index is 12.4. The molecule has 18 heavy (non-hydrogen) atoms. The van der Waals surface area contributed by atoms with Crippen molar-refractivity contribution in [3.8, 4) is 0 Å². The molecule has 0 aromatic heterocycles. The number of ketones is 1. The quantitative estimate of drug-likeness (QED) is 0.836. The molecule has 2 aromatic rings. The Morgan fingerprint density at radius 3 is 2.33 bits per heavy atom. The summed E-state index contributed by atoms with van der Waals surface area (Å²) in [6.07, 6.45) is 0. The first-order valence-electron chi connectivity index (χ1n) is 6.02. The van der Waals surface area contributed by atoms with Crippen LogP contribution in [0.1, 0.15) is 33.1 Å². The third-order valence-corrected chi connectivity index (χ3v) is 3.31. The summed E-state index contributed by atoms with van der Waals surface area (Å²) in [5.41, 5.74) is 9.72. The minimum absolute atomic E-state index is 0.0256. The number of hydrogen-bond acceptors (Lipinski definition) is 2. The van der Waals surface area contributed by atoms with E-state index in [1.165, 1.54) is 0 Å². The predicted molar refractivity (Wildman–Crippen MR) is 73.6 cm³/mol. The van der Waals surface area contributed by atoms with Crippen molar-refractivity contribution < 1.29 is 4.79 Å². The van der Waals surface area contributed by atoms with Gasteiger partial charge in [-0.1, -0.05) is 48.5 Å². The zero-order valence-electron chi connectivity index (χ0n) is 10.7. The molecule has 0 aliphatic carbocycles. The van der Waals surface area contributed by atoms with E-state index in [1.807, 2.05) is 62.4 Å². The molecule has 0 aliphatic heterocycles. The van der Waals surface area contributed by atoms with Gasteiger partial charge >= 0.3 is 0 Å². The lowest BCUT2D eigenvalue weighted by molar-refractivity contribution is 0.0960. The fourth-order valence-corrected chi connectivity index (χ4v) is 2.00. The highest BCUT2D eigenvalue weighted by Gasteiger charge is 2.19. The predicted octanol–water partition coefficient (Wildman–Crippen LogP) is 3.19. The molecule has 0 heterocycles. The highest BCUT2D eigenvalue weighted by Crippen LogP contribution is 2.20. The number of Topliss-reactive ketones (excluding diaryl/α,β-unsaturated/α-hetero) is 1. The highest BCUT2D eigenvalue weighted by atomic mass is 16.1. The Labute approximate surface area is 107 Å². The molecule has 92 valence electrons. The molecule has 0 saturated heterocycles. The topological polar surface area (TPSA) is 43.1 Å². The van der Waals surface area contributed by atoms with Gasteiger partial charge in [0, 0.05) is 5.56 Å². The van der Waals surface area contributed by atoms with E-state index in [1.54, 1.807) is 0 Å². The van der Waals surface area contributed by atoms with Crippen molar-refractivity contribution in [3.63, 3.8) is 0 Å². The number of carbonyl (C=O) groups is 1. The summed E-state index contributed by atoms with van der Waals surface area (Å²) >= 11 is 0. The van der Waals surface area contributed by atoms with Crippen LogP contribution in [0.5, 0.6) is 0 Å². The lowest BCUT2D eigenvalue weighted by atomic mass is 9.93. The number of rotatable bonds is 3. The van der Waals surface area contributed by atoms with Gasteiger partial charge in [-0.25, -0.2) is 0 Å². The molecule has 0 radical (unpaired) electrons. The molecule has 0 spiro atoms. The van der Waals surface area contributed by atoms with Crippen molar-refractivity contribution in [1.29, 1.82) is 0 Å². The van der Waals surface area contributed by atoms with Gasteiger partial charge in [0.15, 0.2) is 5.78 Å². The van der Waals surface area contributed by atoms with Crippen molar-refractivity contribution in [3.05, 3.63) is 70.8 Å². The maximum Gasteiger partial charge on any atom is 0.184 e. The molecule has 2 N–H and O–H groups in total. The number of benzene rings is 2. The van der Waals surface area contributed by atoms with E-state index in [9.17, 15) is 4.79 Å². The number of hydrogen-bond donors (Lipinski definition) is 1. The highest BCUT2D eigenvalue weighted by molar-refractivity contribution is 6.01. The largest absolute Gasteiger partial charge is 0.318 e. The van der Waals surface area contributed by atoms with Gasteiger partial charge in [0.05, 0.1) is 6.04 Å². The molecule has 0 unspecified atom stereocenters. The summed E-state index contributed by atoms with van der Waals surface area (Å²) in [5, 5.41) is 0. The number of aryl methyl sites for hydroxylation is 1. The number of carbonyl (C=O) groups excluding carboxylic acids is 1. The SMILES string of the molecule is Cc1cccc(C(=O)[C@H](N)c2ccccc2)c1C. The average Bonchev–Trinajstić information content (AvgIpc) is 2.41. The zero-order valence-corrected chi connectivity index (χ0v) is 10.7. The third kappa shape index (κ3) is 2.34. The first-order valence-corrected chi connectivity index (χ1v) is 6.02. The summed E-state index contributed by atoms with van der Waals surface area (Å²) in [5.74, 6) is -0.0256. The Hall–Kier alpha value is -1.93. The van der Waals surface area contributed by atoms with E-state index in [2.05, 4.69) is 0 Å². The Morgan fingerprint density at radius 2 is 1.67 bits per heavy atom. The van der Waals surface area contributed by atoms with Gasteiger partial charge in [-0.05, 0) is 30.5 Å². The van der Waals surface area contributed by atoms with Gasteiger partial charge in [-0.3, -0.25) is 4.79 Å². The second-order valence-electron chi connectivity index (χ2n) is 4.50. The Morgan fingerprint density at radius 1 is 1.00 bits per heavy atom. The van der Waals surface area contributed by atoms with Crippen LogP contribution in [0.25, 0.3) is 0 Å². The fourth-order valence-electron chi connectivity index (χ4n) is 2.00. The summed E-state index contributed by atoms with van der Waals surface area (Å²) in [4.78, 5) is 12.4. The van der Waals surface area contributed by atoms with Crippen molar-refractivity contribution in [2.24, 2.45) is 5.73 Å². The van der Waals surface area contributed by atoms with Crippen LogP contribution in [-0.4, -0.2) is 5.78 Å². The van der Waals surface area contributed by atoms with E-state index >= 15 is 0 Å². The monoisotopic (exact) mass is 239 g/mol.